The molecular formula is C12H19N3O2. The minimum Gasteiger partial charge on any atom is -0.497 e. The molecule has 17 heavy (non-hydrogen) atoms. The van der Waals surface area contributed by atoms with Crippen molar-refractivity contribution in [2.45, 2.75) is 12.5 Å². The molecule has 1 atom stereocenters. The van der Waals surface area contributed by atoms with Crippen molar-refractivity contribution in [3.63, 3.8) is 0 Å². The standard InChI is InChI=1S/C12H19N3O2/c1-15(2)14-12(16)8-11(13)9-5-4-6-10(7-9)17-3/h4-7,11H,8,13H2,1-3H3,(H,14,16). The van der Waals surface area contributed by atoms with E-state index in [0.717, 1.165) is 11.3 Å². The highest BCUT2D eigenvalue weighted by atomic mass is 16.5. The molecular weight excluding hydrogens is 218 g/mol. The van der Waals surface area contributed by atoms with E-state index in [0.29, 0.717) is 0 Å². The van der Waals surface area contributed by atoms with E-state index < -0.39 is 0 Å². The minimum absolute atomic E-state index is 0.106. The number of benzene rings is 1. The maximum Gasteiger partial charge on any atom is 0.236 e. The number of hydrazine groups is 1. The van der Waals surface area contributed by atoms with Crippen LogP contribution >= 0.6 is 0 Å². The Bertz CT molecular complexity index is 380. The Morgan fingerprint density at radius 3 is 2.82 bits per heavy atom. The molecule has 5 heteroatoms. The molecule has 0 radical (unpaired) electrons. The topological polar surface area (TPSA) is 67.6 Å². The molecule has 0 saturated heterocycles. The van der Waals surface area contributed by atoms with E-state index in [1.807, 2.05) is 24.3 Å². The van der Waals surface area contributed by atoms with Crippen LogP contribution in [0.15, 0.2) is 24.3 Å². The lowest BCUT2D eigenvalue weighted by atomic mass is 10.0. The molecule has 0 saturated carbocycles. The van der Waals surface area contributed by atoms with E-state index in [1.165, 1.54) is 0 Å². The highest BCUT2D eigenvalue weighted by molar-refractivity contribution is 5.76. The highest BCUT2D eigenvalue weighted by Gasteiger charge is 2.12. The highest BCUT2D eigenvalue weighted by Crippen LogP contribution is 2.19. The van der Waals surface area contributed by atoms with Crippen molar-refractivity contribution in [3.05, 3.63) is 29.8 Å². The number of carbonyl (C=O) groups excluding carboxylic acids is 1. The Morgan fingerprint density at radius 2 is 2.24 bits per heavy atom. The number of hydrogen-bond acceptors (Lipinski definition) is 4. The van der Waals surface area contributed by atoms with Gasteiger partial charge in [-0.3, -0.25) is 10.2 Å². The molecule has 1 amide bonds. The van der Waals surface area contributed by atoms with Crippen molar-refractivity contribution in [3.8, 4) is 5.75 Å². The zero-order chi connectivity index (χ0) is 12.8. The third-order valence-corrected chi connectivity index (χ3v) is 2.28. The summed E-state index contributed by atoms with van der Waals surface area (Å²) in [5.74, 6) is 0.635. The Labute approximate surface area is 102 Å². The molecule has 0 spiro atoms. The van der Waals surface area contributed by atoms with Gasteiger partial charge in [-0.1, -0.05) is 12.1 Å². The molecule has 0 aromatic heterocycles. The number of amides is 1. The quantitative estimate of drug-likeness (QED) is 0.739. The van der Waals surface area contributed by atoms with Crippen LogP contribution in [0.25, 0.3) is 0 Å². The van der Waals surface area contributed by atoms with Crippen molar-refractivity contribution < 1.29 is 9.53 Å². The molecule has 0 fully saturated rings. The molecule has 5 nitrogen and oxygen atoms in total. The van der Waals surface area contributed by atoms with E-state index in [9.17, 15) is 4.79 Å². The van der Waals surface area contributed by atoms with Gasteiger partial charge in [0.25, 0.3) is 0 Å². The van der Waals surface area contributed by atoms with Gasteiger partial charge in [0, 0.05) is 26.6 Å². The molecule has 1 unspecified atom stereocenters. The van der Waals surface area contributed by atoms with Crippen molar-refractivity contribution in [1.29, 1.82) is 0 Å². The number of hydrogen-bond donors (Lipinski definition) is 2. The third kappa shape index (κ3) is 4.42. The molecule has 0 heterocycles. The van der Waals surface area contributed by atoms with Crippen molar-refractivity contribution >= 4 is 5.91 Å². The number of rotatable bonds is 5. The number of nitrogens with one attached hydrogen (secondary N) is 1. The summed E-state index contributed by atoms with van der Waals surface area (Å²) in [6.07, 6.45) is 0.241. The van der Waals surface area contributed by atoms with Crippen LogP contribution in [0.2, 0.25) is 0 Å². The van der Waals surface area contributed by atoms with Gasteiger partial charge in [0.15, 0.2) is 0 Å². The normalized spacial score (nSPS) is 12.3. The summed E-state index contributed by atoms with van der Waals surface area (Å²) in [5, 5.41) is 1.60. The van der Waals surface area contributed by atoms with E-state index in [1.54, 1.807) is 26.2 Å². The lowest BCUT2D eigenvalue weighted by Crippen LogP contribution is -2.37. The predicted molar refractivity (Wildman–Crippen MR) is 66.4 cm³/mol. The smallest absolute Gasteiger partial charge is 0.236 e. The van der Waals surface area contributed by atoms with Crippen LogP contribution in [0.3, 0.4) is 0 Å². The SMILES string of the molecule is COc1cccc(C(N)CC(=O)NN(C)C)c1. The molecule has 0 aliphatic carbocycles. The maximum absolute atomic E-state index is 11.5. The summed E-state index contributed by atoms with van der Waals surface area (Å²) < 4.78 is 5.11. The molecule has 1 aromatic rings. The monoisotopic (exact) mass is 237 g/mol. The first-order valence-electron chi connectivity index (χ1n) is 5.39. The van der Waals surface area contributed by atoms with Crippen LogP contribution in [-0.2, 0) is 4.79 Å². The second-order valence-corrected chi connectivity index (χ2v) is 4.02. The molecule has 1 rings (SSSR count). The average Bonchev–Trinajstić information content (AvgIpc) is 2.27. The Hall–Kier alpha value is -1.59. The Kier molecular flexibility index (Phi) is 4.93. The zero-order valence-corrected chi connectivity index (χ0v) is 10.4. The largest absolute Gasteiger partial charge is 0.497 e. The first kappa shape index (κ1) is 13.5. The van der Waals surface area contributed by atoms with Crippen LogP contribution in [0.4, 0.5) is 0 Å². The number of nitrogens with zero attached hydrogens (tertiary/aromatic N) is 1. The third-order valence-electron chi connectivity index (χ3n) is 2.28. The summed E-state index contributed by atoms with van der Waals surface area (Å²) >= 11 is 0. The van der Waals surface area contributed by atoms with Crippen molar-refractivity contribution in [2.24, 2.45) is 5.73 Å². The average molecular weight is 237 g/mol. The van der Waals surface area contributed by atoms with Gasteiger partial charge in [-0.2, -0.15) is 0 Å². The van der Waals surface area contributed by atoms with Gasteiger partial charge in [-0.05, 0) is 17.7 Å². The van der Waals surface area contributed by atoms with Crippen LogP contribution < -0.4 is 15.9 Å². The fraction of sp³-hybridized carbons (Fsp3) is 0.417. The lowest BCUT2D eigenvalue weighted by Gasteiger charge is -2.16. The maximum atomic E-state index is 11.5. The van der Waals surface area contributed by atoms with E-state index >= 15 is 0 Å². The van der Waals surface area contributed by atoms with Gasteiger partial charge in [0.1, 0.15) is 5.75 Å². The number of nitrogens with two attached hydrogens (primary N) is 1. The zero-order valence-electron chi connectivity index (χ0n) is 10.4. The minimum atomic E-state index is -0.329. The summed E-state index contributed by atoms with van der Waals surface area (Å²) in [5.41, 5.74) is 9.50. The van der Waals surface area contributed by atoms with Crippen molar-refractivity contribution in [1.82, 2.24) is 10.4 Å². The van der Waals surface area contributed by atoms with Crippen LogP contribution in [0, 0.1) is 0 Å². The second-order valence-electron chi connectivity index (χ2n) is 4.02. The summed E-state index contributed by atoms with van der Waals surface area (Å²) in [6, 6.07) is 7.10. The second kappa shape index (κ2) is 6.22. The molecule has 1 aromatic carbocycles. The molecule has 3 N–H and O–H groups in total. The Morgan fingerprint density at radius 1 is 1.53 bits per heavy atom. The molecule has 94 valence electrons. The van der Waals surface area contributed by atoms with Gasteiger partial charge < -0.3 is 10.5 Å². The molecule has 0 aliphatic heterocycles. The van der Waals surface area contributed by atoms with E-state index in [4.69, 9.17) is 10.5 Å². The summed E-state index contributed by atoms with van der Waals surface area (Å²) in [6.45, 7) is 0. The summed E-state index contributed by atoms with van der Waals surface area (Å²) in [7, 11) is 5.12. The fourth-order valence-electron chi connectivity index (χ4n) is 1.48. The predicted octanol–water partition coefficient (Wildman–Crippen LogP) is 0.678. The van der Waals surface area contributed by atoms with Gasteiger partial charge in [0.2, 0.25) is 5.91 Å². The first-order valence-corrected chi connectivity index (χ1v) is 5.39. The number of ether oxygens (including phenoxy) is 1. The fourth-order valence-corrected chi connectivity index (χ4v) is 1.48. The summed E-state index contributed by atoms with van der Waals surface area (Å²) in [4.78, 5) is 11.5. The van der Waals surface area contributed by atoms with Gasteiger partial charge in [-0.25, -0.2) is 5.01 Å². The number of carbonyl (C=O) groups is 1. The Balaban J connectivity index is 2.62. The van der Waals surface area contributed by atoms with Crippen LogP contribution in [-0.4, -0.2) is 32.1 Å². The number of methoxy groups -OCH3 is 1. The van der Waals surface area contributed by atoms with E-state index in [2.05, 4.69) is 5.43 Å². The van der Waals surface area contributed by atoms with Crippen LogP contribution in [0.5, 0.6) is 5.75 Å². The molecule has 0 bridgehead atoms. The lowest BCUT2D eigenvalue weighted by molar-refractivity contribution is -0.125. The molecule has 0 aliphatic rings. The van der Waals surface area contributed by atoms with Gasteiger partial charge >= 0.3 is 0 Å². The van der Waals surface area contributed by atoms with Crippen LogP contribution in [0.1, 0.15) is 18.0 Å². The van der Waals surface area contributed by atoms with E-state index in [-0.39, 0.29) is 18.4 Å². The first-order chi connectivity index (χ1) is 8.02. The van der Waals surface area contributed by atoms with Gasteiger partial charge in [-0.15, -0.1) is 0 Å². The van der Waals surface area contributed by atoms with Crippen molar-refractivity contribution in [2.75, 3.05) is 21.2 Å². The van der Waals surface area contributed by atoms with Gasteiger partial charge in [0.05, 0.1) is 7.11 Å².